The molecule has 0 aliphatic heterocycles. The number of ether oxygens (including phenoxy) is 1. The average molecular weight is 270 g/mol. The number of nitrogens with one attached hydrogen (secondary N) is 1. The van der Waals surface area contributed by atoms with E-state index >= 15 is 0 Å². The van der Waals surface area contributed by atoms with Crippen LogP contribution in [0.1, 0.15) is 12.5 Å². The predicted octanol–water partition coefficient (Wildman–Crippen LogP) is 3.07. The molecule has 0 heterocycles. The summed E-state index contributed by atoms with van der Waals surface area (Å²) in [5.74, 6) is 1.19. The van der Waals surface area contributed by atoms with Crippen molar-refractivity contribution < 1.29 is 9.53 Å². The quantitative estimate of drug-likeness (QED) is 0.897. The minimum absolute atomic E-state index is 0.225. The van der Waals surface area contributed by atoms with Gasteiger partial charge in [-0.1, -0.05) is 23.8 Å². The van der Waals surface area contributed by atoms with E-state index in [1.165, 1.54) is 5.56 Å². The maximum absolute atomic E-state index is 11.5. The minimum atomic E-state index is -0.545. The van der Waals surface area contributed by atoms with Crippen LogP contribution in [0, 0.1) is 6.92 Å². The molecule has 4 heteroatoms. The Morgan fingerprint density at radius 1 is 1.15 bits per heavy atom. The van der Waals surface area contributed by atoms with E-state index in [1.54, 1.807) is 19.1 Å². The monoisotopic (exact) mass is 270 g/mol. The second-order valence-electron chi connectivity index (χ2n) is 4.72. The van der Waals surface area contributed by atoms with Gasteiger partial charge in [-0.15, -0.1) is 0 Å². The standard InChI is InChI=1S/C16H18N2O2/c1-11-6-8-14(9-7-11)20-15-5-3-4-13(10-15)18-16(19)12(2)17/h3-10,12H,17H2,1-2H3,(H,18,19). The molecular formula is C16H18N2O2. The van der Waals surface area contributed by atoms with Gasteiger partial charge < -0.3 is 15.8 Å². The van der Waals surface area contributed by atoms with Gasteiger partial charge in [0.2, 0.25) is 5.91 Å². The third kappa shape index (κ3) is 3.83. The lowest BCUT2D eigenvalue weighted by atomic mass is 10.2. The van der Waals surface area contributed by atoms with E-state index in [0.29, 0.717) is 11.4 Å². The van der Waals surface area contributed by atoms with Crippen LogP contribution in [0.15, 0.2) is 48.5 Å². The molecular weight excluding hydrogens is 252 g/mol. The fourth-order valence-corrected chi connectivity index (χ4v) is 1.64. The summed E-state index contributed by atoms with van der Waals surface area (Å²) in [7, 11) is 0. The van der Waals surface area contributed by atoms with Crippen LogP contribution in [0.25, 0.3) is 0 Å². The Kier molecular flexibility index (Phi) is 4.38. The van der Waals surface area contributed by atoms with E-state index in [4.69, 9.17) is 10.5 Å². The van der Waals surface area contributed by atoms with Crippen molar-refractivity contribution in [2.45, 2.75) is 19.9 Å². The van der Waals surface area contributed by atoms with Crippen molar-refractivity contribution in [3.8, 4) is 11.5 Å². The van der Waals surface area contributed by atoms with Crippen LogP contribution >= 0.6 is 0 Å². The van der Waals surface area contributed by atoms with Gasteiger partial charge in [-0.05, 0) is 38.1 Å². The summed E-state index contributed by atoms with van der Waals surface area (Å²) in [6, 6.07) is 14.4. The van der Waals surface area contributed by atoms with Crippen molar-refractivity contribution in [3.05, 3.63) is 54.1 Å². The van der Waals surface area contributed by atoms with Crippen LogP contribution in [0.2, 0.25) is 0 Å². The summed E-state index contributed by atoms with van der Waals surface area (Å²) in [5, 5.41) is 2.73. The number of nitrogens with two attached hydrogens (primary N) is 1. The lowest BCUT2D eigenvalue weighted by Crippen LogP contribution is -2.32. The highest BCUT2D eigenvalue weighted by molar-refractivity contribution is 5.94. The number of anilines is 1. The molecule has 104 valence electrons. The van der Waals surface area contributed by atoms with Gasteiger partial charge in [-0.3, -0.25) is 4.79 Å². The number of amides is 1. The first kappa shape index (κ1) is 14.1. The van der Waals surface area contributed by atoms with Gasteiger partial charge in [0.25, 0.3) is 0 Å². The van der Waals surface area contributed by atoms with Crippen molar-refractivity contribution >= 4 is 11.6 Å². The molecule has 3 N–H and O–H groups in total. The van der Waals surface area contributed by atoms with E-state index in [9.17, 15) is 4.79 Å². The molecule has 2 aromatic rings. The first-order valence-electron chi connectivity index (χ1n) is 6.45. The second kappa shape index (κ2) is 6.21. The number of hydrogen-bond donors (Lipinski definition) is 2. The highest BCUT2D eigenvalue weighted by Crippen LogP contribution is 2.24. The SMILES string of the molecule is Cc1ccc(Oc2cccc(NC(=O)C(C)N)c2)cc1. The second-order valence-corrected chi connectivity index (χ2v) is 4.72. The zero-order chi connectivity index (χ0) is 14.5. The van der Waals surface area contributed by atoms with Crippen molar-refractivity contribution in [1.82, 2.24) is 0 Å². The highest BCUT2D eigenvalue weighted by Gasteiger charge is 2.08. The Morgan fingerprint density at radius 2 is 1.85 bits per heavy atom. The predicted molar refractivity (Wildman–Crippen MR) is 80.0 cm³/mol. The molecule has 2 rings (SSSR count). The van der Waals surface area contributed by atoms with Gasteiger partial charge in [-0.25, -0.2) is 0 Å². The van der Waals surface area contributed by atoms with Crippen molar-refractivity contribution in [1.29, 1.82) is 0 Å². The summed E-state index contributed by atoms with van der Waals surface area (Å²) in [6.45, 7) is 3.66. The van der Waals surface area contributed by atoms with Gasteiger partial charge >= 0.3 is 0 Å². The van der Waals surface area contributed by atoms with E-state index < -0.39 is 6.04 Å². The molecule has 0 saturated heterocycles. The molecule has 0 aliphatic rings. The lowest BCUT2D eigenvalue weighted by Gasteiger charge is -2.10. The van der Waals surface area contributed by atoms with E-state index in [0.717, 1.165) is 5.75 Å². The molecule has 2 aromatic carbocycles. The van der Waals surface area contributed by atoms with Gasteiger partial charge in [0, 0.05) is 11.8 Å². The van der Waals surface area contributed by atoms with E-state index in [1.807, 2.05) is 43.3 Å². The fraction of sp³-hybridized carbons (Fsp3) is 0.188. The molecule has 0 aromatic heterocycles. The summed E-state index contributed by atoms with van der Waals surface area (Å²) >= 11 is 0. The molecule has 0 bridgehead atoms. The van der Waals surface area contributed by atoms with Gasteiger partial charge in [0.05, 0.1) is 6.04 Å². The van der Waals surface area contributed by atoms with Crippen LogP contribution in [0.5, 0.6) is 11.5 Å². The molecule has 20 heavy (non-hydrogen) atoms. The summed E-state index contributed by atoms with van der Waals surface area (Å²) in [4.78, 5) is 11.5. The molecule has 1 unspecified atom stereocenters. The molecule has 0 spiro atoms. The third-order valence-electron chi connectivity index (χ3n) is 2.77. The Morgan fingerprint density at radius 3 is 2.50 bits per heavy atom. The summed E-state index contributed by atoms with van der Waals surface area (Å²) < 4.78 is 5.73. The van der Waals surface area contributed by atoms with Crippen LogP contribution in [-0.4, -0.2) is 11.9 Å². The number of benzene rings is 2. The Bertz CT molecular complexity index is 592. The van der Waals surface area contributed by atoms with Gasteiger partial charge in [0.1, 0.15) is 11.5 Å². The average Bonchev–Trinajstić information content (AvgIpc) is 2.42. The van der Waals surface area contributed by atoms with Crippen LogP contribution in [0.3, 0.4) is 0 Å². The topological polar surface area (TPSA) is 64.3 Å². The van der Waals surface area contributed by atoms with Gasteiger partial charge in [0.15, 0.2) is 0 Å². The van der Waals surface area contributed by atoms with Crippen LogP contribution in [0.4, 0.5) is 5.69 Å². The van der Waals surface area contributed by atoms with Crippen molar-refractivity contribution in [2.24, 2.45) is 5.73 Å². The zero-order valence-electron chi connectivity index (χ0n) is 11.6. The molecule has 0 fully saturated rings. The third-order valence-corrected chi connectivity index (χ3v) is 2.77. The Balaban J connectivity index is 2.09. The summed E-state index contributed by atoms with van der Waals surface area (Å²) in [5.41, 5.74) is 7.36. The smallest absolute Gasteiger partial charge is 0.241 e. The van der Waals surface area contributed by atoms with E-state index in [-0.39, 0.29) is 5.91 Å². The molecule has 1 amide bonds. The molecule has 1 atom stereocenters. The largest absolute Gasteiger partial charge is 0.457 e. The Hall–Kier alpha value is -2.33. The van der Waals surface area contributed by atoms with Gasteiger partial charge in [-0.2, -0.15) is 0 Å². The van der Waals surface area contributed by atoms with Crippen molar-refractivity contribution in [3.63, 3.8) is 0 Å². The number of carbonyl (C=O) groups excluding carboxylic acids is 1. The number of rotatable bonds is 4. The first-order chi connectivity index (χ1) is 9.54. The molecule has 0 saturated carbocycles. The first-order valence-corrected chi connectivity index (χ1v) is 6.45. The number of carbonyl (C=O) groups is 1. The minimum Gasteiger partial charge on any atom is -0.457 e. The van der Waals surface area contributed by atoms with Crippen LogP contribution < -0.4 is 15.8 Å². The maximum Gasteiger partial charge on any atom is 0.241 e. The normalized spacial score (nSPS) is 11.8. The summed E-state index contributed by atoms with van der Waals surface area (Å²) in [6.07, 6.45) is 0. The maximum atomic E-state index is 11.5. The van der Waals surface area contributed by atoms with Crippen LogP contribution in [-0.2, 0) is 4.79 Å². The number of hydrogen-bond acceptors (Lipinski definition) is 3. The molecule has 4 nitrogen and oxygen atoms in total. The highest BCUT2D eigenvalue weighted by atomic mass is 16.5. The van der Waals surface area contributed by atoms with Crippen molar-refractivity contribution in [2.75, 3.05) is 5.32 Å². The number of aryl methyl sites for hydroxylation is 1. The Labute approximate surface area is 118 Å². The zero-order valence-corrected chi connectivity index (χ0v) is 11.6. The fourth-order valence-electron chi connectivity index (χ4n) is 1.64. The molecule has 0 aliphatic carbocycles. The van der Waals surface area contributed by atoms with E-state index in [2.05, 4.69) is 5.32 Å². The lowest BCUT2D eigenvalue weighted by molar-refractivity contribution is -0.117. The molecule has 0 radical (unpaired) electrons.